The molecule has 1 aromatic carbocycles. The first-order valence-corrected chi connectivity index (χ1v) is 8.81. The van der Waals surface area contributed by atoms with E-state index < -0.39 is 0 Å². The Morgan fingerprint density at radius 2 is 2.00 bits per heavy atom. The Kier molecular flexibility index (Phi) is 3.89. The van der Waals surface area contributed by atoms with Crippen LogP contribution in [0.2, 0.25) is 0 Å². The molecule has 0 bridgehead atoms. The van der Waals surface area contributed by atoms with Gasteiger partial charge in [-0.05, 0) is 38.8 Å². The fraction of sp³-hybridized carbons (Fsp3) is 0.438. The summed E-state index contributed by atoms with van der Waals surface area (Å²) in [4.78, 5) is 7.45. The lowest BCUT2D eigenvalue weighted by Crippen LogP contribution is -2.28. The normalized spacial score (nSPS) is 15.6. The molecule has 1 aliphatic rings. The van der Waals surface area contributed by atoms with Gasteiger partial charge in [0.15, 0.2) is 0 Å². The van der Waals surface area contributed by atoms with E-state index in [4.69, 9.17) is 10.7 Å². The molecule has 1 aromatic heterocycles. The summed E-state index contributed by atoms with van der Waals surface area (Å²) in [6, 6.07) is 10.5. The van der Waals surface area contributed by atoms with Gasteiger partial charge in [-0.1, -0.05) is 18.2 Å². The first kappa shape index (κ1) is 14.1. The second-order valence-electron chi connectivity index (χ2n) is 5.92. The highest BCUT2D eigenvalue weighted by Gasteiger charge is 2.33. The first-order valence-electron chi connectivity index (χ1n) is 7.01. The van der Waals surface area contributed by atoms with Crippen LogP contribution in [0.1, 0.15) is 48.2 Å². The minimum absolute atomic E-state index is 0.273. The van der Waals surface area contributed by atoms with Crippen LogP contribution in [0.5, 0.6) is 0 Å². The molecule has 0 saturated heterocycles. The van der Waals surface area contributed by atoms with E-state index in [0.717, 1.165) is 5.75 Å². The van der Waals surface area contributed by atoms with Gasteiger partial charge in [0.2, 0.25) is 0 Å². The molecule has 0 unspecified atom stereocenters. The number of hydrogen-bond acceptors (Lipinski definition) is 4. The summed E-state index contributed by atoms with van der Waals surface area (Å²) in [5, 5.41) is 1.20. The molecule has 2 aromatic rings. The van der Waals surface area contributed by atoms with Gasteiger partial charge in [0.25, 0.3) is 0 Å². The summed E-state index contributed by atoms with van der Waals surface area (Å²) >= 11 is 3.64. The van der Waals surface area contributed by atoms with Crippen LogP contribution in [0.3, 0.4) is 0 Å². The standard InChI is InChI=1S/C16H20N2S2/c1-16(2,17)15-14(11-8-9-11)18-13(20-15)10-19-12-6-4-3-5-7-12/h3-7,11H,8-10,17H2,1-2H3. The minimum Gasteiger partial charge on any atom is -0.321 e. The van der Waals surface area contributed by atoms with Crippen molar-refractivity contribution in [3.8, 4) is 0 Å². The Morgan fingerprint density at radius 3 is 2.60 bits per heavy atom. The number of thiazole rings is 1. The molecule has 1 saturated carbocycles. The van der Waals surface area contributed by atoms with Crippen LogP contribution in [0.25, 0.3) is 0 Å². The Balaban J connectivity index is 1.77. The lowest BCUT2D eigenvalue weighted by molar-refractivity contribution is 0.558. The van der Waals surface area contributed by atoms with Crippen LogP contribution in [-0.2, 0) is 11.3 Å². The van der Waals surface area contributed by atoms with Crippen molar-refractivity contribution in [1.82, 2.24) is 4.98 Å². The molecule has 20 heavy (non-hydrogen) atoms. The summed E-state index contributed by atoms with van der Waals surface area (Å²) in [6.07, 6.45) is 2.55. The average molecular weight is 304 g/mol. The van der Waals surface area contributed by atoms with Crippen molar-refractivity contribution >= 4 is 23.1 Å². The molecule has 4 heteroatoms. The van der Waals surface area contributed by atoms with Crippen molar-refractivity contribution in [2.45, 2.75) is 48.8 Å². The van der Waals surface area contributed by atoms with Gasteiger partial charge in [0, 0.05) is 21.2 Å². The number of aromatic nitrogens is 1. The summed E-state index contributed by atoms with van der Waals surface area (Å²) in [5.74, 6) is 1.60. The molecule has 0 aliphatic heterocycles. The fourth-order valence-corrected chi connectivity index (χ4v) is 4.27. The number of rotatable bonds is 5. The third kappa shape index (κ3) is 3.25. The zero-order valence-corrected chi connectivity index (χ0v) is 13.6. The van der Waals surface area contributed by atoms with E-state index in [1.54, 1.807) is 11.3 Å². The molecule has 106 valence electrons. The van der Waals surface area contributed by atoms with E-state index in [0.29, 0.717) is 5.92 Å². The van der Waals surface area contributed by atoms with Crippen LogP contribution in [0.4, 0.5) is 0 Å². The Morgan fingerprint density at radius 1 is 1.30 bits per heavy atom. The second-order valence-corrected chi connectivity index (χ2v) is 8.05. The molecule has 0 spiro atoms. The predicted octanol–water partition coefficient (Wildman–Crippen LogP) is 4.51. The summed E-state index contributed by atoms with van der Waals surface area (Å²) in [5.41, 5.74) is 7.30. The fourth-order valence-electron chi connectivity index (χ4n) is 2.20. The Labute approximate surface area is 128 Å². The highest BCUT2D eigenvalue weighted by atomic mass is 32.2. The third-order valence-electron chi connectivity index (χ3n) is 3.35. The van der Waals surface area contributed by atoms with Crippen LogP contribution in [0.15, 0.2) is 35.2 Å². The second kappa shape index (κ2) is 5.51. The maximum absolute atomic E-state index is 6.31. The quantitative estimate of drug-likeness (QED) is 0.826. The van der Waals surface area contributed by atoms with Crippen molar-refractivity contribution in [3.05, 3.63) is 45.9 Å². The van der Waals surface area contributed by atoms with Crippen LogP contribution < -0.4 is 5.73 Å². The topological polar surface area (TPSA) is 38.9 Å². The van der Waals surface area contributed by atoms with Gasteiger partial charge in [0.1, 0.15) is 5.01 Å². The largest absolute Gasteiger partial charge is 0.321 e. The number of nitrogens with two attached hydrogens (primary N) is 1. The lowest BCUT2D eigenvalue weighted by Gasteiger charge is -2.17. The van der Waals surface area contributed by atoms with E-state index in [-0.39, 0.29) is 5.54 Å². The number of benzene rings is 1. The van der Waals surface area contributed by atoms with Crippen molar-refractivity contribution in [1.29, 1.82) is 0 Å². The smallest absolute Gasteiger partial charge is 0.103 e. The van der Waals surface area contributed by atoms with Crippen molar-refractivity contribution in [2.24, 2.45) is 5.73 Å². The molecule has 0 atom stereocenters. The van der Waals surface area contributed by atoms with E-state index >= 15 is 0 Å². The maximum Gasteiger partial charge on any atom is 0.103 e. The van der Waals surface area contributed by atoms with Crippen LogP contribution in [0, 0.1) is 0 Å². The number of thioether (sulfide) groups is 1. The van der Waals surface area contributed by atoms with Crippen molar-refractivity contribution in [2.75, 3.05) is 0 Å². The van der Waals surface area contributed by atoms with Crippen LogP contribution in [-0.4, -0.2) is 4.98 Å². The lowest BCUT2D eigenvalue weighted by atomic mass is 10.0. The molecule has 1 heterocycles. The zero-order valence-electron chi connectivity index (χ0n) is 11.9. The van der Waals surface area contributed by atoms with E-state index in [9.17, 15) is 0 Å². The molecule has 0 amide bonds. The molecule has 1 fully saturated rings. The highest BCUT2D eigenvalue weighted by Crippen LogP contribution is 2.45. The molecule has 0 radical (unpaired) electrons. The Hall–Kier alpha value is -0.840. The minimum atomic E-state index is -0.273. The van der Waals surface area contributed by atoms with Gasteiger partial charge in [-0.25, -0.2) is 4.98 Å². The van der Waals surface area contributed by atoms with Gasteiger partial charge in [-0.3, -0.25) is 0 Å². The van der Waals surface area contributed by atoms with Gasteiger partial charge in [-0.2, -0.15) is 0 Å². The van der Waals surface area contributed by atoms with E-state index in [2.05, 4.69) is 38.1 Å². The third-order valence-corrected chi connectivity index (χ3v) is 5.97. The summed E-state index contributed by atoms with van der Waals surface area (Å²) in [6.45, 7) is 4.17. The summed E-state index contributed by atoms with van der Waals surface area (Å²) < 4.78 is 0. The zero-order chi connectivity index (χ0) is 14.2. The average Bonchev–Trinajstić information content (AvgIpc) is 3.16. The number of hydrogen-bond donors (Lipinski definition) is 1. The van der Waals surface area contributed by atoms with Crippen molar-refractivity contribution < 1.29 is 0 Å². The molecular weight excluding hydrogens is 284 g/mol. The molecule has 2 N–H and O–H groups in total. The predicted molar refractivity (Wildman–Crippen MR) is 87.3 cm³/mol. The monoisotopic (exact) mass is 304 g/mol. The summed E-state index contributed by atoms with van der Waals surface area (Å²) in [7, 11) is 0. The molecule has 1 aliphatic carbocycles. The van der Waals surface area contributed by atoms with Gasteiger partial charge >= 0.3 is 0 Å². The first-order chi connectivity index (χ1) is 9.54. The molecular formula is C16H20N2S2. The maximum atomic E-state index is 6.31. The van der Waals surface area contributed by atoms with E-state index in [1.807, 2.05) is 17.8 Å². The highest BCUT2D eigenvalue weighted by molar-refractivity contribution is 7.98. The molecule has 2 nitrogen and oxygen atoms in total. The Bertz CT molecular complexity index is 580. The van der Waals surface area contributed by atoms with Gasteiger partial charge in [0.05, 0.1) is 11.4 Å². The number of nitrogens with zero attached hydrogens (tertiary/aromatic N) is 1. The van der Waals surface area contributed by atoms with Crippen LogP contribution >= 0.6 is 23.1 Å². The van der Waals surface area contributed by atoms with Gasteiger partial charge in [-0.15, -0.1) is 23.1 Å². The van der Waals surface area contributed by atoms with Crippen molar-refractivity contribution in [3.63, 3.8) is 0 Å². The van der Waals surface area contributed by atoms with E-state index in [1.165, 1.54) is 33.3 Å². The van der Waals surface area contributed by atoms with Gasteiger partial charge < -0.3 is 5.73 Å². The SMILES string of the molecule is CC(C)(N)c1sc(CSc2ccccc2)nc1C1CC1. The molecule has 3 rings (SSSR count).